The van der Waals surface area contributed by atoms with Gasteiger partial charge < -0.3 is 19.4 Å². The minimum atomic E-state index is -0.200. The number of rotatable bonds is 3. The largest absolute Gasteiger partial charge is 0.353 e. The van der Waals surface area contributed by atoms with Crippen molar-refractivity contribution >= 4 is 43.7 Å². The van der Waals surface area contributed by atoms with E-state index in [2.05, 4.69) is 36.9 Å². The van der Waals surface area contributed by atoms with Crippen molar-refractivity contribution in [2.45, 2.75) is 6.29 Å². The molecular formula is C15H15BrN4O2. The van der Waals surface area contributed by atoms with Crippen LogP contribution < -0.4 is 4.90 Å². The van der Waals surface area contributed by atoms with E-state index in [4.69, 9.17) is 9.47 Å². The number of likely N-dealkylation sites (N-methyl/N-ethyl adjacent to an activating group) is 1. The number of nitrogens with zero attached hydrogens (tertiary/aromatic N) is 3. The van der Waals surface area contributed by atoms with Gasteiger partial charge in [0, 0.05) is 22.4 Å². The Labute approximate surface area is 135 Å². The molecule has 1 N–H and O–H groups in total. The quantitative estimate of drug-likeness (QED) is 0.775. The zero-order valence-electron chi connectivity index (χ0n) is 12.0. The number of hydrogen-bond donors (Lipinski definition) is 1. The van der Waals surface area contributed by atoms with E-state index in [1.807, 2.05) is 24.1 Å². The molecule has 0 bridgehead atoms. The van der Waals surface area contributed by atoms with Crippen molar-refractivity contribution in [3.63, 3.8) is 0 Å². The molecule has 1 fully saturated rings. The number of anilines is 1. The van der Waals surface area contributed by atoms with Gasteiger partial charge in [-0.05, 0) is 18.2 Å². The van der Waals surface area contributed by atoms with Gasteiger partial charge in [-0.2, -0.15) is 0 Å². The number of ether oxygens (including phenoxy) is 2. The average Bonchev–Trinajstić information content (AvgIpc) is 3.14. The van der Waals surface area contributed by atoms with Gasteiger partial charge in [-0.3, -0.25) is 0 Å². The number of aromatic amines is 1. The fraction of sp³-hybridized carbons (Fsp3) is 0.333. The maximum absolute atomic E-state index is 5.51. The number of benzene rings is 1. The zero-order valence-corrected chi connectivity index (χ0v) is 13.6. The molecule has 4 rings (SSSR count). The highest BCUT2D eigenvalue weighted by molar-refractivity contribution is 9.10. The second-order valence-corrected chi connectivity index (χ2v) is 6.20. The van der Waals surface area contributed by atoms with Gasteiger partial charge in [-0.25, -0.2) is 9.97 Å². The average molecular weight is 363 g/mol. The molecule has 0 radical (unpaired) electrons. The maximum atomic E-state index is 5.51. The van der Waals surface area contributed by atoms with Crippen LogP contribution in [0.25, 0.3) is 21.9 Å². The van der Waals surface area contributed by atoms with Crippen LogP contribution in [-0.4, -0.2) is 48.0 Å². The summed E-state index contributed by atoms with van der Waals surface area (Å²) in [6, 6.07) is 6.11. The van der Waals surface area contributed by atoms with E-state index in [1.165, 1.54) is 0 Å². The highest BCUT2D eigenvalue weighted by Crippen LogP contribution is 2.30. The van der Waals surface area contributed by atoms with Crippen LogP contribution in [0.5, 0.6) is 0 Å². The molecule has 0 amide bonds. The standard InChI is InChI=1S/C15H15BrN4O2/c1-20(7-12-21-4-5-22-12)15-14-13(17-8-18-15)10-6-9(16)2-3-11(10)19-14/h2-3,6,8,12,19H,4-5,7H2,1H3. The van der Waals surface area contributed by atoms with Crippen molar-refractivity contribution in [3.05, 3.63) is 29.0 Å². The zero-order chi connectivity index (χ0) is 15.1. The van der Waals surface area contributed by atoms with E-state index in [1.54, 1.807) is 6.33 Å². The molecule has 7 heteroatoms. The summed E-state index contributed by atoms with van der Waals surface area (Å²) in [5, 5.41) is 1.08. The summed E-state index contributed by atoms with van der Waals surface area (Å²) in [7, 11) is 1.98. The lowest BCUT2D eigenvalue weighted by Gasteiger charge is -2.21. The molecule has 3 heterocycles. The van der Waals surface area contributed by atoms with Gasteiger partial charge in [0.15, 0.2) is 12.1 Å². The van der Waals surface area contributed by atoms with Crippen LogP contribution in [0.4, 0.5) is 5.82 Å². The highest BCUT2D eigenvalue weighted by Gasteiger charge is 2.21. The summed E-state index contributed by atoms with van der Waals surface area (Å²) in [5.41, 5.74) is 2.89. The van der Waals surface area contributed by atoms with Crippen molar-refractivity contribution in [1.29, 1.82) is 0 Å². The van der Waals surface area contributed by atoms with E-state index in [-0.39, 0.29) is 6.29 Å². The Kier molecular flexibility index (Phi) is 3.48. The molecule has 0 unspecified atom stereocenters. The third kappa shape index (κ3) is 2.35. The lowest BCUT2D eigenvalue weighted by molar-refractivity contribution is -0.0336. The van der Waals surface area contributed by atoms with Gasteiger partial charge in [-0.1, -0.05) is 15.9 Å². The first kappa shape index (κ1) is 13.9. The van der Waals surface area contributed by atoms with E-state index >= 15 is 0 Å². The van der Waals surface area contributed by atoms with Gasteiger partial charge >= 0.3 is 0 Å². The second kappa shape index (κ2) is 5.49. The molecule has 2 aromatic heterocycles. The van der Waals surface area contributed by atoms with Crippen molar-refractivity contribution in [2.75, 3.05) is 31.7 Å². The van der Waals surface area contributed by atoms with Crippen LogP contribution >= 0.6 is 15.9 Å². The normalized spacial score (nSPS) is 15.9. The minimum absolute atomic E-state index is 0.200. The number of hydrogen-bond acceptors (Lipinski definition) is 5. The molecule has 0 spiro atoms. The van der Waals surface area contributed by atoms with Gasteiger partial charge in [0.25, 0.3) is 0 Å². The lowest BCUT2D eigenvalue weighted by Crippen LogP contribution is -2.30. The molecule has 1 aliphatic heterocycles. The maximum Gasteiger partial charge on any atom is 0.175 e. The Morgan fingerprint density at radius 3 is 2.95 bits per heavy atom. The fourth-order valence-corrected chi connectivity index (χ4v) is 3.12. The van der Waals surface area contributed by atoms with E-state index in [9.17, 15) is 0 Å². The van der Waals surface area contributed by atoms with Crippen molar-refractivity contribution in [3.8, 4) is 0 Å². The van der Waals surface area contributed by atoms with Crippen LogP contribution in [0, 0.1) is 0 Å². The molecule has 0 saturated carbocycles. The topological polar surface area (TPSA) is 63.3 Å². The van der Waals surface area contributed by atoms with Crippen LogP contribution in [0.3, 0.4) is 0 Å². The minimum Gasteiger partial charge on any atom is -0.353 e. The second-order valence-electron chi connectivity index (χ2n) is 5.29. The number of H-pyrrole nitrogens is 1. The van der Waals surface area contributed by atoms with Crippen LogP contribution in [-0.2, 0) is 9.47 Å². The smallest absolute Gasteiger partial charge is 0.175 e. The van der Waals surface area contributed by atoms with Crippen molar-refractivity contribution in [1.82, 2.24) is 15.0 Å². The molecule has 0 aliphatic carbocycles. The predicted molar refractivity (Wildman–Crippen MR) is 88.1 cm³/mol. The van der Waals surface area contributed by atoms with Gasteiger partial charge in [0.05, 0.1) is 19.8 Å². The van der Waals surface area contributed by atoms with Crippen LogP contribution in [0.15, 0.2) is 29.0 Å². The fourth-order valence-electron chi connectivity index (χ4n) is 2.76. The molecule has 0 atom stereocenters. The third-order valence-corrected chi connectivity index (χ3v) is 4.29. The molecule has 3 aromatic rings. The Hall–Kier alpha value is -1.70. The van der Waals surface area contributed by atoms with E-state index < -0.39 is 0 Å². The van der Waals surface area contributed by atoms with Crippen LogP contribution in [0.2, 0.25) is 0 Å². The highest BCUT2D eigenvalue weighted by atomic mass is 79.9. The molecule has 1 aliphatic rings. The number of halogens is 1. The molecule has 6 nitrogen and oxygen atoms in total. The van der Waals surface area contributed by atoms with Gasteiger partial charge in [-0.15, -0.1) is 0 Å². The Balaban J connectivity index is 1.78. The Bertz CT molecular complexity index is 829. The van der Waals surface area contributed by atoms with Crippen molar-refractivity contribution in [2.24, 2.45) is 0 Å². The lowest BCUT2D eigenvalue weighted by atomic mass is 10.2. The summed E-state index contributed by atoms with van der Waals surface area (Å²) in [6.07, 6.45) is 1.40. The molecule has 114 valence electrons. The Morgan fingerprint density at radius 2 is 2.14 bits per heavy atom. The van der Waals surface area contributed by atoms with Crippen molar-refractivity contribution < 1.29 is 9.47 Å². The van der Waals surface area contributed by atoms with E-state index in [0.717, 1.165) is 32.2 Å². The molecule has 1 saturated heterocycles. The first-order valence-corrected chi connectivity index (χ1v) is 7.88. The number of nitrogens with one attached hydrogen (secondary N) is 1. The third-order valence-electron chi connectivity index (χ3n) is 3.80. The molecular weight excluding hydrogens is 348 g/mol. The molecule has 22 heavy (non-hydrogen) atoms. The summed E-state index contributed by atoms with van der Waals surface area (Å²) in [6.45, 7) is 1.93. The summed E-state index contributed by atoms with van der Waals surface area (Å²) < 4.78 is 12.0. The summed E-state index contributed by atoms with van der Waals surface area (Å²) in [4.78, 5) is 14.3. The number of aromatic nitrogens is 3. The Morgan fingerprint density at radius 1 is 1.32 bits per heavy atom. The predicted octanol–water partition coefficient (Wildman–Crippen LogP) is 2.68. The first-order chi connectivity index (χ1) is 10.7. The molecule has 1 aromatic carbocycles. The SMILES string of the molecule is CN(CC1OCCO1)c1ncnc2c1[nH]c1ccc(Br)cc12. The van der Waals surface area contributed by atoms with Crippen LogP contribution in [0.1, 0.15) is 0 Å². The summed E-state index contributed by atoms with van der Waals surface area (Å²) in [5.74, 6) is 0.844. The van der Waals surface area contributed by atoms with Gasteiger partial charge in [0.1, 0.15) is 17.4 Å². The summed E-state index contributed by atoms with van der Waals surface area (Å²) >= 11 is 3.51. The number of fused-ring (bicyclic) bond motifs is 3. The monoisotopic (exact) mass is 362 g/mol. The van der Waals surface area contributed by atoms with E-state index in [0.29, 0.717) is 19.8 Å². The van der Waals surface area contributed by atoms with Gasteiger partial charge in [0.2, 0.25) is 0 Å². The first-order valence-electron chi connectivity index (χ1n) is 7.08.